The van der Waals surface area contributed by atoms with Crippen molar-refractivity contribution >= 4 is 29.9 Å². The number of thioether (sulfide) groups is 1. The van der Waals surface area contributed by atoms with Crippen molar-refractivity contribution in [3.63, 3.8) is 0 Å². The minimum Gasteiger partial charge on any atom is -0.395 e. The molecule has 4 atom stereocenters. The van der Waals surface area contributed by atoms with Crippen LogP contribution in [0.5, 0.6) is 11.5 Å². The fourth-order valence-electron chi connectivity index (χ4n) is 8.44. The lowest BCUT2D eigenvalue weighted by atomic mass is 9.51. The Hall–Kier alpha value is -3.22. The number of non-ortho nitro benzene ring substituents is 1. The normalized spacial score (nSPS) is 21.0. The molecule has 0 amide bonds. The number of alkyl halides is 5. The Morgan fingerprint density at radius 2 is 1.53 bits per heavy atom. The highest BCUT2D eigenvalue weighted by Gasteiger charge is 2.56. The van der Waals surface area contributed by atoms with Gasteiger partial charge in [0.25, 0.3) is 5.69 Å². The third-order valence-electron chi connectivity index (χ3n) is 11.2. The van der Waals surface area contributed by atoms with Gasteiger partial charge >= 0.3 is 18.3 Å². The van der Waals surface area contributed by atoms with E-state index in [1.54, 1.807) is 6.07 Å². The fourth-order valence-corrected chi connectivity index (χ4v) is 9.40. The van der Waals surface area contributed by atoms with E-state index in [0.29, 0.717) is 41.6 Å². The average Bonchev–Trinajstić information content (AvgIpc) is 3.09. The molecule has 0 N–H and O–H groups in total. The van der Waals surface area contributed by atoms with Crippen LogP contribution in [0.4, 0.5) is 32.4 Å². The Morgan fingerprint density at radius 3 is 2.19 bits per heavy atom. The SMILES string of the molecule is CC1(C)CCC2c3ccc(OC(=O)Oc4ccc([N+](=O)[O-])cc4)cc3C[C@@H](CCCCCCCCCSCCCC(F)(F)C(F)(F)F)C2C1CCC=O. The number of carbonyl (C=O) groups is 2. The number of aldehydes is 1. The topological polar surface area (TPSA) is 95.7 Å². The summed E-state index contributed by atoms with van der Waals surface area (Å²) in [6, 6.07) is 11.0. The van der Waals surface area contributed by atoms with Gasteiger partial charge in [-0.15, -0.1) is 0 Å². The molecule has 0 spiro atoms. The molecule has 0 aromatic heterocycles. The van der Waals surface area contributed by atoms with Crippen molar-refractivity contribution in [3.05, 3.63) is 63.7 Å². The van der Waals surface area contributed by atoms with Crippen LogP contribution in [0.3, 0.4) is 0 Å². The molecule has 0 radical (unpaired) electrons. The quantitative estimate of drug-likeness (QED) is 0.0252. The van der Waals surface area contributed by atoms with Crippen molar-refractivity contribution in [2.75, 3.05) is 11.5 Å². The molecule has 0 aliphatic heterocycles. The van der Waals surface area contributed by atoms with Crippen molar-refractivity contribution in [3.8, 4) is 11.5 Å². The smallest absolute Gasteiger partial charge is 0.395 e. The van der Waals surface area contributed by atoms with Crippen molar-refractivity contribution in [1.82, 2.24) is 0 Å². The third-order valence-corrected chi connectivity index (χ3v) is 12.3. The number of carbonyl (C=O) groups excluding carboxylic acids is 2. The molecule has 1 saturated carbocycles. The fraction of sp³-hybridized carbons (Fsp3) is 0.650. The molecule has 294 valence electrons. The van der Waals surface area contributed by atoms with Gasteiger partial charge in [0.15, 0.2) is 0 Å². The summed E-state index contributed by atoms with van der Waals surface area (Å²) in [7, 11) is 0. The van der Waals surface area contributed by atoms with Gasteiger partial charge in [0.05, 0.1) is 4.92 Å². The van der Waals surface area contributed by atoms with Crippen LogP contribution in [-0.2, 0) is 11.2 Å². The Morgan fingerprint density at radius 1 is 0.906 bits per heavy atom. The molecule has 2 aromatic rings. The number of nitro groups is 1. The largest absolute Gasteiger partial charge is 0.519 e. The van der Waals surface area contributed by atoms with Crippen LogP contribution < -0.4 is 9.47 Å². The molecule has 2 aliphatic rings. The van der Waals surface area contributed by atoms with Crippen molar-refractivity contribution < 1.29 is 45.9 Å². The van der Waals surface area contributed by atoms with Gasteiger partial charge in [-0.25, -0.2) is 4.79 Å². The third kappa shape index (κ3) is 12.1. The standard InChI is InChI=1S/C40H52F5NO6S/c1-38(2)22-20-34-33-19-18-32(52-37(48)51-31-16-14-30(15-17-31)46(49)50)27-29(33)26-28(36(34)35(38)13-10-23-47)12-8-6-4-3-5-7-9-24-53-25-11-21-39(41,42)40(43,44)45/h14-19,23,27-28,34-36H,3-13,20-22,24-26H2,1-2H3/t28-,34?,35?,36?/m1/s1. The maximum absolute atomic E-state index is 13.0. The van der Waals surface area contributed by atoms with E-state index in [0.717, 1.165) is 94.7 Å². The molecule has 0 bridgehead atoms. The molecule has 0 heterocycles. The zero-order valence-electron chi connectivity index (χ0n) is 30.6. The summed E-state index contributed by atoms with van der Waals surface area (Å²) in [5, 5.41) is 10.9. The van der Waals surface area contributed by atoms with Gasteiger partial charge in [0.1, 0.15) is 17.8 Å². The summed E-state index contributed by atoms with van der Waals surface area (Å²) in [4.78, 5) is 34.5. The number of hydrogen-bond donors (Lipinski definition) is 0. The van der Waals surface area contributed by atoms with Crippen LogP contribution in [0.2, 0.25) is 0 Å². The maximum atomic E-state index is 13.0. The summed E-state index contributed by atoms with van der Waals surface area (Å²) >= 11 is 1.44. The lowest BCUT2D eigenvalue weighted by molar-refractivity contribution is -0.384. The Bertz CT molecular complexity index is 1500. The summed E-state index contributed by atoms with van der Waals surface area (Å²) in [6.07, 6.45) is 6.13. The number of nitro benzene ring substituents is 1. The van der Waals surface area contributed by atoms with Crippen LogP contribution >= 0.6 is 11.8 Å². The molecule has 7 nitrogen and oxygen atoms in total. The Kier molecular flexibility index (Phi) is 15.6. The van der Waals surface area contributed by atoms with E-state index >= 15 is 0 Å². The van der Waals surface area contributed by atoms with Crippen molar-refractivity contribution in [2.24, 2.45) is 23.2 Å². The molecule has 3 unspecified atom stereocenters. The molecule has 13 heteroatoms. The van der Waals surface area contributed by atoms with E-state index in [9.17, 15) is 41.7 Å². The summed E-state index contributed by atoms with van der Waals surface area (Å²) in [6.45, 7) is 4.67. The first-order valence-electron chi connectivity index (χ1n) is 18.9. The number of ether oxygens (including phenoxy) is 2. The van der Waals surface area contributed by atoms with Crippen molar-refractivity contribution in [2.45, 2.75) is 128 Å². The van der Waals surface area contributed by atoms with Gasteiger partial charge < -0.3 is 14.3 Å². The Labute approximate surface area is 313 Å². The van der Waals surface area contributed by atoms with E-state index in [4.69, 9.17) is 9.47 Å². The molecule has 4 rings (SSSR count). The highest BCUT2D eigenvalue weighted by atomic mass is 32.2. The Balaban J connectivity index is 1.28. The first kappa shape index (κ1) is 42.5. The van der Waals surface area contributed by atoms with Gasteiger partial charge in [-0.2, -0.15) is 33.7 Å². The number of benzene rings is 2. The van der Waals surface area contributed by atoms with Crippen LogP contribution in [-0.4, -0.2) is 41.0 Å². The molecule has 2 aliphatic carbocycles. The van der Waals surface area contributed by atoms with Crippen molar-refractivity contribution in [1.29, 1.82) is 0 Å². The van der Waals surface area contributed by atoms with Gasteiger partial charge in [-0.3, -0.25) is 10.1 Å². The zero-order chi connectivity index (χ0) is 38.6. The van der Waals surface area contributed by atoms with Gasteiger partial charge in [0, 0.05) is 25.0 Å². The van der Waals surface area contributed by atoms with E-state index in [1.165, 1.54) is 41.6 Å². The van der Waals surface area contributed by atoms with E-state index < -0.39 is 29.6 Å². The van der Waals surface area contributed by atoms with Crippen LogP contribution in [0, 0.1) is 33.3 Å². The maximum Gasteiger partial charge on any atom is 0.519 e. The number of rotatable bonds is 20. The first-order chi connectivity index (χ1) is 25.1. The predicted octanol–water partition coefficient (Wildman–Crippen LogP) is 12.3. The molecular formula is C40H52F5NO6S. The number of halogens is 5. The molecule has 0 saturated heterocycles. The van der Waals surface area contributed by atoms with E-state index in [-0.39, 0.29) is 23.3 Å². The number of fused-ring (bicyclic) bond motifs is 3. The highest BCUT2D eigenvalue weighted by Crippen LogP contribution is 2.58. The minimum atomic E-state index is -5.48. The number of hydrogen-bond acceptors (Lipinski definition) is 7. The molecular weight excluding hydrogens is 717 g/mol. The second-order valence-electron chi connectivity index (χ2n) is 15.3. The molecule has 1 fully saturated rings. The number of nitrogens with zero attached hydrogens (tertiary/aromatic N) is 1. The average molecular weight is 770 g/mol. The second-order valence-corrected chi connectivity index (χ2v) is 16.5. The molecule has 53 heavy (non-hydrogen) atoms. The lowest BCUT2D eigenvalue weighted by Crippen LogP contribution is -2.45. The number of unbranched alkanes of at least 4 members (excludes halogenated alkanes) is 6. The van der Waals surface area contributed by atoms with E-state index in [1.807, 2.05) is 6.07 Å². The van der Waals surface area contributed by atoms with Crippen LogP contribution in [0.25, 0.3) is 0 Å². The summed E-state index contributed by atoms with van der Waals surface area (Å²) < 4.78 is 73.7. The zero-order valence-corrected chi connectivity index (χ0v) is 31.5. The summed E-state index contributed by atoms with van der Waals surface area (Å²) in [5.74, 6) is -1.40. The van der Waals surface area contributed by atoms with Crippen LogP contribution in [0.15, 0.2) is 42.5 Å². The minimum absolute atomic E-state index is 0.114. The van der Waals surface area contributed by atoms with Gasteiger partial charge in [-0.1, -0.05) is 58.4 Å². The highest BCUT2D eigenvalue weighted by molar-refractivity contribution is 7.99. The van der Waals surface area contributed by atoms with Gasteiger partial charge in [-0.05, 0) is 121 Å². The van der Waals surface area contributed by atoms with Crippen LogP contribution in [0.1, 0.15) is 121 Å². The summed E-state index contributed by atoms with van der Waals surface area (Å²) in [5.41, 5.74) is 2.46. The second kappa shape index (κ2) is 19.4. The lowest BCUT2D eigenvalue weighted by Gasteiger charge is -2.54. The predicted molar refractivity (Wildman–Crippen MR) is 196 cm³/mol. The van der Waals surface area contributed by atoms with E-state index in [2.05, 4.69) is 19.9 Å². The molecule has 2 aromatic carbocycles. The first-order valence-corrected chi connectivity index (χ1v) is 20.0. The van der Waals surface area contributed by atoms with Gasteiger partial charge in [0.2, 0.25) is 0 Å². The monoisotopic (exact) mass is 769 g/mol.